The molecule has 0 radical (unpaired) electrons. The predicted octanol–water partition coefficient (Wildman–Crippen LogP) is 0.171. The Hall–Kier alpha value is -1.14. The molecule has 1 unspecified atom stereocenters. The lowest BCUT2D eigenvalue weighted by molar-refractivity contribution is -0.127. The largest absolute Gasteiger partial charge is 0.390 e. The molecular weight excluding hydrogens is 280 g/mol. The van der Waals surface area contributed by atoms with Gasteiger partial charge in [-0.1, -0.05) is 24.3 Å². The van der Waals surface area contributed by atoms with Gasteiger partial charge in [0.2, 0.25) is 5.91 Å². The van der Waals surface area contributed by atoms with Gasteiger partial charge in [-0.2, -0.15) is 0 Å². The third-order valence-electron chi connectivity index (χ3n) is 3.74. The average molecular weight is 299 g/mol. The second-order valence-corrected chi connectivity index (χ2v) is 5.04. The van der Waals surface area contributed by atoms with Crippen LogP contribution in [0.2, 0.25) is 0 Å². The quantitative estimate of drug-likeness (QED) is 0.728. The van der Waals surface area contributed by atoms with Gasteiger partial charge in [-0.25, -0.2) is 0 Å². The summed E-state index contributed by atoms with van der Waals surface area (Å²) in [5.41, 5.74) is 2.12. The Morgan fingerprint density at radius 1 is 1.40 bits per heavy atom. The lowest BCUT2D eigenvalue weighted by Crippen LogP contribution is -2.52. The smallest absolute Gasteiger partial charge is 0.240 e. The number of fused-ring (bicyclic) bond motifs is 1. The molecule has 20 heavy (non-hydrogen) atoms. The predicted molar refractivity (Wildman–Crippen MR) is 76.9 cm³/mol. The molecule has 0 saturated carbocycles. The number of morpholine rings is 1. The summed E-state index contributed by atoms with van der Waals surface area (Å²) in [6.45, 7) is 1.71. The zero-order valence-corrected chi connectivity index (χ0v) is 11.9. The highest BCUT2D eigenvalue weighted by Crippen LogP contribution is 2.31. The Bertz CT molecular complexity index is 477. The standard InChI is InChI=1S/C14H18N2O3.ClH/c17-12-7-9-3-1-2-4-10(9)13(12)16-14(18)11-8-19-6-5-15-11;/h1-4,11-13,15,17H,5-8H2,(H,16,18);1H/t11?,12-,13+;/m1./s1. The molecule has 110 valence electrons. The van der Waals surface area contributed by atoms with Gasteiger partial charge >= 0.3 is 0 Å². The van der Waals surface area contributed by atoms with Gasteiger partial charge in [0.25, 0.3) is 0 Å². The van der Waals surface area contributed by atoms with Crippen molar-refractivity contribution in [2.75, 3.05) is 19.8 Å². The fourth-order valence-electron chi connectivity index (χ4n) is 2.74. The van der Waals surface area contributed by atoms with E-state index < -0.39 is 6.10 Å². The van der Waals surface area contributed by atoms with Crippen molar-refractivity contribution in [1.29, 1.82) is 0 Å². The number of aliphatic hydroxyl groups excluding tert-OH is 1. The van der Waals surface area contributed by atoms with Crippen LogP contribution < -0.4 is 10.6 Å². The summed E-state index contributed by atoms with van der Waals surface area (Å²) in [5, 5.41) is 16.1. The summed E-state index contributed by atoms with van der Waals surface area (Å²) in [5.74, 6) is -0.111. The van der Waals surface area contributed by atoms with Crippen molar-refractivity contribution < 1.29 is 14.6 Å². The number of carbonyl (C=O) groups excluding carboxylic acids is 1. The topological polar surface area (TPSA) is 70.6 Å². The van der Waals surface area contributed by atoms with E-state index in [9.17, 15) is 9.90 Å². The molecule has 6 heteroatoms. The molecule has 3 N–H and O–H groups in total. The first-order valence-corrected chi connectivity index (χ1v) is 6.63. The highest BCUT2D eigenvalue weighted by atomic mass is 35.5. The number of amides is 1. The first-order chi connectivity index (χ1) is 9.25. The minimum Gasteiger partial charge on any atom is -0.390 e. The molecule has 1 amide bonds. The van der Waals surface area contributed by atoms with E-state index in [1.54, 1.807) is 0 Å². The average Bonchev–Trinajstić information content (AvgIpc) is 2.76. The summed E-state index contributed by atoms with van der Waals surface area (Å²) < 4.78 is 5.28. The van der Waals surface area contributed by atoms with Crippen molar-refractivity contribution in [3.63, 3.8) is 0 Å². The maximum atomic E-state index is 12.1. The van der Waals surface area contributed by atoms with Crippen LogP contribution >= 0.6 is 12.4 Å². The summed E-state index contributed by atoms with van der Waals surface area (Å²) in [6.07, 6.45) is 0.0428. The van der Waals surface area contributed by atoms with Gasteiger partial charge in [0.15, 0.2) is 0 Å². The molecule has 5 nitrogen and oxygen atoms in total. The van der Waals surface area contributed by atoms with E-state index in [-0.39, 0.29) is 30.4 Å². The van der Waals surface area contributed by atoms with Crippen LogP contribution in [0.1, 0.15) is 17.2 Å². The fourth-order valence-corrected chi connectivity index (χ4v) is 2.74. The number of hydrogen-bond donors (Lipinski definition) is 3. The Morgan fingerprint density at radius 2 is 2.20 bits per heavy atom. The minimum atomic E-state index is -0.550. The van der Waals surface area contributed by atoms with Crippen LogP contribution in [0.5, 0.6) is 0 Å². The van der Waals surface area contributed by atoms with Crippen LogP contribution in [-0.4, -0.2) is 42.9 Å². The van der Waals surface area contributed by atoms with Crippen LogP contribution in [0.3, 0.4) is 0 Å². The lowest BCUT2D eigenvalue weighted by atomic mass is 10.1. The van der Waals surface area contributed by atoms with Crippen molar-refractivity contribution in [3.8, 4) is 0 Å². The second-order valence-electron chi connectivity index (χ2n) is 5.04. The number of rotatable bonds is 2. The van der Waals surface area contributed by atoms with Gasteiger partial charge in [0.05, 0.1) is 25.4 Å². The van der Waals surface area contributed by atoms with Crippen molar-refractivity contribution in [2.45, 2.75) is 24.6 Å². The number of hydrogen-bond acceptors (Lipinski definition) is 4. The number of aliphatic hydroxyl groups is 1. The zero-order chi connectivity index (χ0) is 13.2. The van der Waals surface area contributed by atoms with Crippen molar-refractivity contribution >= 4 is 18.3 Å². The zero-order valence-electron chi connectivity index (χ0n) is 11.0. The van der Waals surface area contributed by atoms with Gasteiger partial charge in [-0.15, -0.1) is 12.4 Å². The minimum absolute atomic E-state index is 0. The highest BCUT2D eigenvalue weighted by molar-refractivity contribution is 5.85. The number of nitrogens with one attached hydrogen (secondary N) is 2. The van der Waals surface area contributed by atoms with Crippen molar-refractivity contribution in [2.24, 2.45) is 0 Å². The van der Waals surface area contributed by atoms with Gasteiger partial charge in [-0.3, -0.25) is 4.79 Å². The van der Waals surface area contributed by atoms with Crippen molar-refractivity contribution in [1.82, 2.24) is 10.6 Å². The molecule has 1 heterocycles. The molecule has 2 aliphatic rings. The van der Waals surface area contributed by atoms with E-state index in [2.05, 4.69) is 10.6 Å². The number of ether oxygens (including phenoxy) is 1. The normalized spacial score (nSPS) is 28.4. The molecule has 3 atom stereocenters. The first-order valence-electron chi connectivity index (χ1n) is 6.63. The Morgan fingerprint density at radius 3 is 2.95 bits per heavy atom. The van der Waals surface area contributed by atoms with Crippen LogP contribution in [0, 0.1) is 0 Å². The van der Waals surface area contributed by atoms with E-state index in [0.29, 0.717) is 26.2 Å². The molecule has 1 aliphatic heterocycles. The SMILES string of the molecule is Cl.O=C(N[C@H]1c2ccccc2C[C@H]1O)C1COCCN1. The number of benzene rings is 1. The summed E-state index contributed by atoms with van der Waals surface area (Å²) in [7, 11) is 0. The molecule has 0 aromatic heterocycles. The van der Waals surface area contributed by atoms with Crippen LogP contribution in [0.4, 0.5) is 0 Å². The molecule has 1 fully saturated rings. The van der Waals surface area contributed by atoms with E-state index >= 15 is 0 Å². The molecule has 0 bridgehead atoms. The molecule has 1 aliphatic carbocycles. The molecular formula is C14H19ClN2O3. The van der Waals surface area contributed by atoms with E-state index in [0.717, 1.165) is 11.1 Å². The molecule has 1 aromatic carbocycles. The molecule has 1 aromatic rings. The summed E-state index contributed by atoms with van der Waals surface area (Å²) in [6, 6.07) is 7.19. The molecule has 3 rings (SSSR count). The molecule has 1 saturated heterocycles. The van der Waals surface area contributed by atoms with Gasteiger partial charge in [-0.05, 0) is 11.1 Å². The molecule has 0 spiro atoms. The van der Waals surface area contributed by atoms with E-state index in [1.165, 1.54) is 0 Å². The Balaban J connectivity index is 0.00000147. The van der Waals surface area contributed by atoms with Crippen LogP contribution in [0.25, 0.3) is 0 Å². The van der Waals surface area contributed by atoms with Gasteiger partial charge in [0, 0.05) is 13.0 Å². The van der Waals surface area contributed by atoms with Crippen molar-refractivity contribution in [3.05, 3.63) is 35.4 Å². The Kier molecular flexibility index (Phi) is 4.99. The second kappa shape index (κ2) is 6.54. The van der Waals surface area contributed by atoms with E-state index in [1.807, 2.05) is 24.3 Å². The maximum Gasteiger partial charge on any atom is 0.240 e. The highest BCUT2D eigenvalue weighted by Gasteiger charge is 2.33. The summed E-state index contributed by atoms with van der Waals surface area (Å²) in [4.78, 5) is 12.1. The fraction of sp³-hybridized carbons (Fsp3) is 0.500. The lowest BCUT2D eigenvalue weighted by Gasteiger charge is -2.26. The summed E-state index contributed by atoms with van der Waals surface area (Å²) >= 11 is 0. The van der Waals surface area contributed by atoms with Gasteiger partial charge in [0.1, 0.15) is 6.04 Å². The van der Waals surface area contributed by atoms with Crippen LogP contribution in [-0.2, 0) is 16.0 Å². The number of carbonyl (C=O) groups is 1. The monoisotopic (exact) mass is 298 g/mol. The van der Waals surface area contributed by atoms with Gasteiger partial charge < -0.3 is 20.5 Å². The van der Waals surface area contributed by atoms with E-state index in [4.69, 9.17) is 4.74 Å². The number of halogens is 1. The maximum absolute atomic E-state index is 12.1. The third-order valence-corrected chi connectivity index (χ3v) is 3.74. The van der Waals surface area contributed by atoms with Crippen LogP contribution in [0.15, 0.2) is 24.3 Å². The Labute approximate surface area is 124 Å². The third kappa shape index (κ3) is 2.96. The first kappa shape index (κ1) is 15.3.